The van der Waals surface area contributed by atoms with E-state index < -0.39 is 5.97 Å². The second-order valence-electron chi connectivity index (χ2n) is 7.19. The van der Waals surface area contributed by atoms with Crippen molar-refractivity contribution in [1.29, 1.82) is 0 Å². The van der Waals surface area contributed by atoms with Gasteiger partial charge >= 0.3 is 5.97 Å². The molecule has 1 N–H and O–H groups in total. The van der Waals surface area contributed by atoms with E-state index in [1.807, 2.05) is 11.8 Å². The van der Waals surface area contributed by atoms with Gasteiger partial charge in [0.2, 0.25) is 5.91 Å². The Morgan fingerprint density at radius 2 is 2.00 bits per heavy atom. The van der Waals surface area contributed by atoms with Crippen LogP contribution in [0.25, 0.3) is 0 Å². The molecular weight excluding hydrogens is 254 g/mol. The highest BCUT2D eigenvalue weighted by Gasteiger charge is 2.47. The van der Waals surface area contributed by atoms with Crippen molar-refractivity contribution >= 4 is 11.9 Å². The zero-order valence-electron chi connectivity index (χ0n) is 12.9. The van der Waals surface area contributed by atoms with Gasteiger partial charge in [-0.3, -0.25) is 9.59 Å². The first kappa shape index (κ1) is 15.3. The molecule has 1 aliphatic heterocycles. The number of aliphatic carboxylic acids is 1. The Balaban J connectivity index is 2.01. The van der Waals surface area contributed by atoms with Crippen LogP contribution in [0.4, 0.5) is 0 Å². The van der Waals surface area contributed by atoms with Gasteiger partial charge in [0, 0.05) is 18.5 Å². The largest absolute Gasteiger partial charge is 0.481 e. The van der Waals surface area contributed by atoms with Gasteiger partial charge in [-0.25, -0.2) is 0 Å². The number of rotatable bonds is 4. The summed E-state index contributed by atoms with van der Waals surface area (Å²) in [6.07, 6.45) is 4.74. The van der Waals surface area contributed by atoms with E-state index in [1.54, 1.807) is 0 Å². The average Bonchev–Trinajstić information content (AvgIpc) is 2.32. The van der Waals surface area contributed by atoms with Crippen LogP contribution >= 0.6 is 0 Å². The highest BCUT2D eigenvalue weighted by Crippen LogP contribution is 2.47. The molecule has 1 amide bonds. The van der Waals surface area contributed by atoms with Crippen molar-refractivity contribution in [2.45, 2.75) is 52.9 Å². The van der Waals surface area contributed by atoms with Crippen LogP contribution in [0.3, 0.4) is 0 Å². The van der Waals surface area contributed by atoms with Gasteiger partial charge in [-0.1, -0.05) is 27.2 Å². The summed E-state index contributed by atoms with van der Waals surface area (Å²) in [4.78, 5) is 25.9. The van der Waals surface area contributed by atoms with Gasteiger partial charge in [0.1, 0.15) is 0 Å². The smallest absolute Gasteiger partial charge is 0.306 e. The number of carbonyl (C=O) groups excluding carboxylic acids is 1. The van der Waals surface area contributed by atoms with Crippen LogP contribution in [0, 0.1) is 23.2 Å². The predicted octanol–water partition coefficient (Wildman–Crippen LogP) is 2.77. The van der Waals surface area contributed by atoms with Crippen molar-refractivity contribution in [3.8, 4) is 0 Å². The van der Waals surface area contributed by atoms with E-state index in [2.05, 4.69) is 13.8 Å². The number of nitrogens with zero attached hydrogens (tertiary/aromatic N) is 1. The van der Waals surface area contributed by atoms with Gasteiger partial charge in [-0.2, -0.15) is 0 Å². The lowest BCUT2D eigenvalue weighted by atomic mass is 9.63. The minimum absolute atomic E-state index is 0.0568. The Kier molecular flexibility index (Phi) is 4.40. The third kappa shape index (κ3) is 2.84. The Bertz CT molecular complexity index is 387. The van der Waals surface area contributed by atoms with Gasteiger partial charge < -0.3 is 10.0 Å². The molecule has 1 heterocycles. The summed E-state index contributed by atoms with van der Waals surface area (Å²) in [7, 11) is 0. The van der Waals surface area contributed by atoms with E-state index >= 15 is 0 Å². The summed E-state index contributed by atoms with van der Waals surface area (Å²) < 4.78 is 0. The quantitative estimate of drug-likeness (QED) is 0.862. The molecule has 1 aliphatic carbocycles. The molecule has 4 nitrogen and oxygen atoms in total. The van der Waals surface area contributed by atoms with E-state index in [0.717, 1.165) is 25.7 Å². The Morgan fingerprint density at radius 1 is 1.35 bits per heavy atom. The molecule has 2 unspecified atom stereocenters. The lowest BCUT2D eigenvalue weighted by Crippen LogP contribution is -2.53. The monoisotopic (exact) mass is 281 g/mol. The van der Waals surface area contributed by atoms with Gasteiger partial charge in [-0.05, 0) is 37.5 Å². The number of hydrogen-bond acceptors (Lipinski definition) is 2. The fraction of sp³-hybridized carbons (Fsp3) is 0.875. The van der Waals surface area contributed by atoms with E-state index in [4.69, 9.17) is 5.11 Å². The summed E-state index contributed by atoms with van der Waals surface area (Å²) in [5, 5.41) is 9.17. The fourth-order valence-corrected chi connectivity index (χ4v) is 3.92. The number of carboxylic acids is 1. The zero-order valence-corrected chi connectivity index (χ0v) is 12.9. The van der Waals surface area contributed by atoms with Gasteiger partial charge in [0.05, 0.1) is 5.92 Å². The van der Waals surface area contributed by atoms with E-state index in [0.29, 0.717) is 25.4 Å². The fourth-order valence-electron chi connectivity index (χ4n) is 3.92. The third-order valence-corrected chi connectivity index (χ3v) is 5.07. The van der Waals surface area contributed by atoms with Crippen LogP contribution in [-0.2, 0) is 9.59 Å². The first-order valence-corrected chi connectivity index (χ1v) is 7.88. The maximum Gasteiger partial charge on any atom is 0.306 e. The van der Waals surface area contributed by atoms with E-state index in [1.165, 1.54) is 0 Å². The van der Waals surface area contributed by atoms with Crippen LogP contribution in [0.2, 0.25) is 0 Å². The molecule has 0 aromatic rings. The second kappa shape index (κ2) is 5.74. The molecule has 0 aromatic carbocycles. The molecule has 1 saturated heterocycles. The summed E-state index contributed by atoms with van der Waals surface area (Å²) in [6, 6.07) is 0. The lowest BCUT2D eigenvalue weighted by Gasteiger charge is -2.47. The third-order valence-electron chi connectivity index (χ3n) is 5.07. The minimum Gasteiger partial charge on any atom is -0.481 e. The molecule has 0 aromatic heterocycles. The van der Waals surface area contributed by atoms with Gasteiger partial charge in [0.25, 0.3) is 0 Å². The molecule has 2 rings (SSSR count). The normalized spacial score (nSPS) is 29.1. The molecule has 0 radical (unpaired) electrons. The van der Waals surface area contributed by atoms with Crippen LogP contribution in [0.15, 0.2) is 0 Å². The number of hydrogen-bond donors (Lipinski definition) is 1. The number of piperidine rings is 1. The SMILES string of the molecule is CC(C)CC1(C(=O)N2CCC(C(=O)O)C(C)C2)CCC1. The van der Waals surface area contributed by atoms with Crippen molar-refractivity contribution in [2.24, 2.45) is 23.2 Å². The number of likely N-dealkylation sites (tertiary alicyclic amines) is 1. The maximum absolute atomic E-state index is 12.8. The molecular formula is C16H27NO3. The molecule has 2 aliphatic rings. The van der Waals surface area contributed by atoms with E-state index in [9.17, 15) is 9.59 Å². The van der Waals surface area contributed by atoms with Crippen LogP contribution < -0.4 is 0 Å². The van der Waals surface area contributed by atoms with Crippen molar-refractivity contribution in [3.05, 3.63) is 0 Å². The molecule has 114 valence electrons. The van der Waals surface area contributed by atoms with Crippen LogP contribution in [-0.4, -0.2) is 35.0 Å². The predicted molar refractivity (Wildman–Crippen MR) is 77.2 cm³/mol. The molecule has 2 atom stereocenters. The van der Waals surface area contributed by atoms with Crippen LogP contribution in [0.1, 0.15) is 52.9 Å². The molecule has 0 bridgehead atoms. The molecule has 2 fully saturated rings. The number of carboxylic acid groups (broad SMARTS) is 1. The Labute approximate surface area is 121 Å². The van der Waals surface area contributed by atoms with Crippen molar-refractivity contribution in [3.63, 3.8) is 0 Å². The van der Waals surface area contributed by atoms with Gasteiger partial charge in [0.15, 0.2) is 0 Å². The Hall–Kier alpha value is -1.06. The second-order valence-corrected chi connectivity index (χ2v) is 7.19. The topological polar surface area (TPSA) is 57.6 Å². The van der Waals surface area contributed by atoms with Crippen molar-refractivity contribution < 1.29 is 14.7 Å². The molecule has 20 heavy (non-hydrogen) atoms. The molecule has 0 spiro atoms. The van der Waals surface area contributed by atoms with E-state index in [-0.39, 0.29) is 23.2 Å². The average molecular weight is 281 g/mol. The summed E-state index contributed by atoms with van der Waals surface area (Å²) in [6.45, 7) is 7.52. The number of amides is 1. The molecule has 4 heteroatoms. The molecule has 1 saturated carbocycles. The summed E-state index contributed by atoms with van der Waals surface area (Å²) >= 11 is 0. The summed E-state index contributed by atoms with van der Waals surface area (Å²) in [5.41, 5.74) is -0.135. The maximum atomic E-state index is 12.8. The summed E-state index contributed by atoms with van der Waals surface area (Å²) in [5.74, 6) is -0.130. The lowest BCUT2D eigenvalue weighted by molar-refractivity contribution is -0.156. The van der Waals surface area contributed by atoms with Gasteiger partial charge in [-0.15, -0.1) is 0 Å². The minimum atomic E-state index is -0.717. The van der Waals surface area contributed by atoms with Crippen molar-refractivity contribution in [1.82, 2.24) is 4.90 Å². The highest BCUT2D eigenvalue weighted by molar-refractivity contribution is 5.84. The standard InChI is InChI=1S/C16H27NO3/c1-11(2)9-16(6-4-7-16)15(20)17-8-5-13(14(18)19)12(3)10-17/h11-13H,4-10H2,1-3H3,(H,18,19). The van der Waals surface area contributed by atoms with Crippen molar-refractivity contribution in [2.75, 3.05) is 13.1 Å². The number of carbonyl (C=O) groups is 2. The highest BCUT2D eigenvalue weighted by atomic mass is 16.4. The Morgan fingerprint density at radius 3 is 2.40 bits per heavy atom. The van der Waals surface area contributed by atoms with Crippen LogP contribution in [0.5, 0.6) is 0 Å². The first-order chi connectivity index (χ1) is 9.35. The first-order valence-electron chi connectivity index (χ1n) is 7.88. The zero-order chi connectivity index (χ0) is 14.9.